The Morgan fingerprint density at radius 2 is 1.55 bits per heavy atom. The second kappa shape index (κ2) is 10.8. The van der Waals surface area contributed by atoms with E-state index in [2.05, 4.69) is 132 Å². The van der Waals surface area contributed by atoms with Crippen molar-refractivity contribution in [2.24, 2.45) is 22.7 Å². The largest absolute Gasteiger partial charge is 0.0911 e. The normalized spacial score (nSPS) is 23.5. The molecular weight excluding hydrogens is 456 g/mol. The van der Waals surface area contributed by atoms with Gasteiger partial charge in [-0.05, 0) is 106 Å². The molecule has 3 unspecified atom stereocenters. The van der Waals surface area contributed by atoms with Crippen LogP contribution in [0, 0.1) is 22.7 Å². The Kier molecular flexibility index (Phi) is 8.68. The molecule has 3 atom stereocenters. The molecule has 2 aliphatic carbocycles. The Balaban J connectivity index is 2.29. The van der Waals surface area contributed by atoms with Crippen LogP contribution < -0.4 is 0 Å². The first kappa shape index (κ1) is 30.5. The molecule has 0 bridgehead atoms. The monoisotopic (exact) mass is 512 g/mol. The van der Waals surface area contributed by atoms with Gasteiger partial charge in [-0.1, -0.05) is 130 Å². The van der Waals surface area contributed by atoms with E-state index in [1.165, 1.54) is 46.2 Å². The molecule has 208 valence electrons. The summed E-state index contributed by atoms with van der Waals surface area (Å²) in [4.78, 5) is 0. The summed E-state index contributed by atoms with van der Waals surface area (Å²) in [7, 11) is 0. The number of hydrogen-bond acceptors (Lipinski definition) is 0. The van der Waals surface area contributed by atoms with Gasteiger partial charge in [0.05, 0.1) is 0 Å². The van der Waals surface area contributed by atoms with Gasteiger partial charge >= 0.3 is 0 Å². The fourth-order valence-corrected chi connectivity index (χ4v) is 6.91. The van der Waals surface area contributed by atoms with E-state index in [0.717, 1.165) is 12.8 Å². The van der Waals surface area contributed by atoms with Gasteiger partial charge in [-0.25, -0.2) is 0 Å². The van der Waals surface area contributed by atoms with E-state index in [9.17, 15) is 0 Å². The van der Waals surface area contributed by atoms with E-state index in [0.29, 0.717) is 11.8 Å². The van der Waals surface area contributed by atoms with Crippen LogP contribution in [0.4, 0.5) is 0 Å². The van der Waals surface area contributed by atoms with Crippen molar-refractivity contribution in [3.8, 4) is 0 Å². The molecule has 0 saturated carbocycles. The van der Waals surface area contributed by atoms with Crippen molar-refractivity contribution in [1.82, 2.24) is 0 Å². The summed E-state index contributed by atoms with van der Waals surface area (Å²) < 4.78 is 0. The van der Waals surface area contributed by atoms with Crippen LogP contribution in [0.1, 0.15) is 131 Å². The van der Waals surface area contributed by atoms with Gasteiger partial charge in [-0.3, -0.25) is 0 Å². The third-order valence-electron chi connectivity index (χ3n) is 10.2. The van der Waals surface area contributed by atoms with Crippen LogP contribution in [0.5, 0.6) is 0 Å². The Morgan fingerprint density at radius 3 is 2.05 bits per heavy atom. The van der Waals surface area contributed by atoms with E-state index in [1.807, 2.05) is 0 Å². The number of fused-ring (bicyclic) bond motifs is 1. The highest BCUT2D eigenvalue weighted by Gasteiger charge is 2.42. The summed E-state index contributed by atoms with van der Waals surface area (Å²) in [5.74, 6) is 0.955. The highest BCUT2D eigenvalue weighted by atomic mass is 14.5. The smallest absolute Gasteiger partial charge is 0.00274 e. The van der Waals surface area contributed by atoms with Crippen LogP contribution in [0.25, 0.3) is 11.6 Å². The quantitative estimate of drug-likeness (QED) is 0.319. The summed E-state index contributed by atoms with van der Waals surface area (Å²) >= 11 is 0. The van der Waals surface area contributed by atoms with Gasteiger partial charge in [0.15, 0.2) is 0 Å². The lowest BCUT2D eigenvalue weighted by Crippen LogP contribution is -2.36. The molecule has 3 rings (SSSR count). The summed E-state index contributed by atoms with van der Waals surface area (Å²) in [6, 6.07) is 5.01. The van der Waals surface area contributed by atoms with Gasteiger partial charge in [0, 0.05) is 0 Å². The van der Waals surface area contributed by atoms with Crippen molar-refractivity contribution in [2.75, 3.05) is 0 Å². The minimum Gasteiger partial charge on any atom is -0.0911 e. The standard InChI is InChI=1S/C38H56/c1-14-17-28-23-33-34(37(11,12)22-21-36(33,9)10)25-31(28)27(5)30-19-18-29(35(6,7)8)24-32(30)38(13,20-15-2)26(4)16-3/h14-15,17-20,23,25-26,32H,5,16,21-22,24H2,1-4,6-13H3/b17-14-,20-15?. The van der Waals surface area contributed by atoms with Crippen LogP contribution in [-0.2, 0) is 10.8 Å². The summed E-state index contributed by atoms with van der Waals surface area (Å²) in [6.45, 7) is 33.2. The third kappa shape index (κ3) is 5.61. The van der Waals surface area contributed by atoms with Gasteiger partial charge in [0.25, 0.3) is 0 Å². The third-order valence-corrected chi connectivity index (χ3v) is 10.2. The lowest BCUT2D eigenvalue weighted by atomic mass is 9.58. The van der Waals surface area contributed by atoms with Gasteiger partial charge in [-0.2, -0.15) is 0 Å². The zero-order valence-corrected chi connectivity index (χ0v) is 26.8. The van der Waals surface area contributed by atoms with Crippen LogP contribution >= 0.6 is 0 Å². The molecule has 1 aromatic rings. The SMILES string of the molecule is C=C(C1=CC=C(C(C)(C)C)CC1C(C)(C=CC)C(C)CC)c1cc2c(cc1/C=C\C)C(C)(C)CCC2(C)C. The highest BCUT2D eigenvalue weighted by molar-refractivity contribution is 5.85. The topological polar surface area (TPSA) is 0 Å². The maximum atomic E-state index is 4.87. The summed E-state index contributed by atoms with van der Waals surface area (Å²) in [5.41, 5.74) is 10.4. The Bertz CT molecular complexity index is 1170. The first-order chi connectivity index (χ1) is 17.5. The maximum Gasteiger partial charge on any atom is -0.00274 e. The Labute approximate surface area is 236 Å². The van der Waals surface area contributed by atoms with Gasteiger partial charge < -0.3 is 0 Å². The predicted molar refractivity (Wildman–Crippen MR) is 172 cm³/mol. The summed E-state index contributed by atoms with van der Waals surface area (Å²) in [5, 5.41) is 0. The van der Waals surface area contributed by atoms with Crippen molar-refractivity contribution in [2.45, 2.75) is 120 Å². The second-order valence-electron chi connectivity index (χ2n) is 14.7. The predicted octanol–water partition coefficient (Wildman–Crippen LogP) is 11.6. The van der Waals surface area contributed by atoms with Crippen molar-refractivity contribution >= 4 is 11.6 Å². The number of hydrogen-bond donors (Lipinski definition) is 0. The number of allylic oxidation sites excluding steroid dienone is 8. The van der Waals surface area contributed by atoms with Gasteiger partial charge in [0.1, 0.15) is 0 Å². The molecule has 2 aliphatic rings. The number of rotatable bonds is 7. The Morgan fingerprint density at radius 1 is 0.974 bits per heavy atom. The van der Waals surface area contributed by atoms with Crippen molar-refractivity contribution in [1.29, 1.82) is 0 Å². The summed E-state index contributed by atoms with van der Waals surface area (Å²) in [6.07, 6.45) is 18.8. The molecule has 0 amide bonds. The molecule has 0 N–H and O–H groups in total. The van der Waals surface area contributed by atoms with Crippen LogP contribution in [0.3, 0.4) is 0 Å². The molecule has 0 saturated heterocycles. The molecule has 0 heterocycles. The van der Waals surface area contributed by atoms with E-state index in [-0.39, 0.29) is 21.7 Å². The Hall–Kier alpha value is -2.08. The fourth-order valence-electron chi connectivity index (χ4n) is 6.91. The average Bonchev–Trinajstić information content (AvgIpc) is 2.85. The molecule has 0 spiro atoms. The second-order valence-corrected chi connectivity index (χ2v) is 14.7. The minimum atomic E-state index is 0.0548. The molecule has 0 aromatic heterocycles. The molecule has 0 nitrogen and oxygen atoms in total. The minimum absolute atomic E-state index is 0.0548. The van der Waals surface area contributed by atoms with Crippen LogP contribution in [-0.4, -0.2) is 0 Å². The molecule has 1 aromatic carbocycles. The van der Waals surface area contributed by atoms with E-state index < -0.39 is 0 Å². The molecular formula is C38H56. The average molecular weight is 513 g/mol. The van der Waals surface area contributed by atoms with Crippen LogP contribution in [0.2, 0.25) is 0 Å². The van der Waals surface area contributed by atoms with E-state index in [1.54, 1.807) is 5.57 Å². The number of benzene rings is 1. The van der Waals surface area contributed by atoms with Gasteiger partial charge in [-0.15, -0.1) is 0 Å². The maximum absolute atomic E-state index is 4.87. The molecule has 0 aliphatic heterocycles. The van der Waals surface area contributed by atoms with Crippen molar-refractivity contribution in [3.05, 3.63) is 82.5 Å². The van der Waals surface area contributed by atoms with E-state index >= 15 is 0 Å². The van der Waals surface area contributed by atoms with Gasteiger partial charge in [0.2, 0.25) is 0 Å². The van der Waals surface area contributed by atoms with E-state index in [4.69, 9.17) is 6.58 Å². The molecule has 0 fully saturated rings. The molecule has 38 heavy (non-hydrogen) atoms. The highest BCUT2D eigenvalue weighted by Crippen LogP contribution is 2.53. The zero-order valence-electron chi connectivity index (χ0n) is 26.8. The molecule has 0 heteroatoms. The first-order valence-electron chi connectivity index (χ1n) is 15.1. The lowest BCUT2D eigenvalue weighted by molar-refractivity contribution is 0.181. The van der Waals surface area contributed by atoms with Crippen LogP contribution in [0.15, 0.2) is 60.2 Å². The zero-order chi connectivity index (χ0) is 28.7. The van der Waals surface area contributed by atoms with Crippen molar-refractivity contribution in [3.63, 3.8) is 0 Å². The first-order valence-corrected chi connectivity index (χ1v) is 15.1. The van der Waals surface area contributed by atoms with Crippen molar-refractivity contribution < 1.29 is 0 Å². The lowest BCUT2D eigenvalue weighted by Gasteiger charge is -2.46. The fraction of sp³-hybridized carbons (Fsp3) is 0.579. The molecule has 0 radical (unpaired) electrons.